The molecule has 0 aliphatic rings. The van der Waals surface area contributed by atoms with Gasteiger partial charge in [0.15, 0.2) is 0 Å². The maximum atomic E-state index is 3.67. The van der Waals surface area contributed by atoms with Crippen molar-refractivity contribution in [2.75, 3.05) is 7.05 Å². The molecule has 19 heavy (non-hydrogen) atoms. The van der Waals surface area contributed by atoms with Crippen LogP contribution < -0.4 is 5.32 Å². The first-order valence-electron chi connectivity index (χ1n) is 6.31. The number of aryl methyl sites for hydroxylation is 1. The highest BCUT2D eigenvalue weighted by Crippen LogP contribution is 2.35. The first kappa shape index (κ1) is 14.6. The second-order valence-electron chi connectivity index (χ2n) is 4.62. The molecule has 100 valence electrons. The molecule has 2 rings (SSSR count). The Bertz CT molecular complexity index is 568. The Labute approximate surface area is 127 Å². The summed E-state index contributed by atoms with van der Waals surface area (Å²) in [7, 11) is 1.98. The quantitative estimate of drug-likeness (QED) is 0.825. The van der Waals surface area contributed by atoms with Gasteiger partial charge in [0.2, 0.25) is 0 Å². The van der Waals surface area contributed by atoms with Crippen LogP contribution in [-0.4, -0.2) is 7.05 Å². The molecule has 1 nitrogen and oxygen atoms in total. The fourth-order valence-corrected chi connectivity index (χ4v) is 3.42. The lowest BCUT2D eigenvalue weighted by atomic mass is 10.1. The van der Waals surface area contributed by atoms with Gasteiger partial charge in [0, 0.05) is 20.3 Å². The summed E-state index contributed by atoms with van der Waals surface area (Å²) >= 11 is 5.46. The molecule has 1 N–H and O–H groups in total. The molecule has 0 spiro atoms. The number of hydrogen-bond acceptors (Lipinski definition) is 2. The maximum absolute atomic E-state index is 3.67. The van der Waals surface area contributed by atoms with Crippen LogP contribution in [0.4, 0.5) is 0 Å². The normalized spacial score (nSPS) is 12.4. The predicted octanol–water partition coefficient (Wildman–Crippen LogP) is 5.19. The number of benzene rings is 2. The van der Waals surface area contributed by atoms with Crippen LogP contribution >= 0.6 is 27.7 Å². The van der Waals surface area contributed by atoms with E-state index in [1.807, 2.05) is 7.05 Å². The van der Waals surface area contributed by atoms with Crippen LogP contribution in [0.2, 0.25) is 0 Å². The number of hydrogen-bond donors (Lipinski definition) is 1. The SMILES string of the molecule is CNC(C)c1ccc(Sc2cccc(C)c2)c(Br)c1. The van der Waals surface area contributed by atoms with E-state index in [0.29, 0.717) is 6.04 Å². The van der Waals surface area contributed by atoms with Crippen LogP contribution in [0.15, 0.2) is 56.7 Å². The molecule has 0 saturated heterocycles. The third-order valence-corrected chi connectivity index (χ3v) is 5.09. The third-order valence-electron chi connectivity index (χ3n) is 3.11. The first-order chi connectivity index (χ1) is 9.10. The Balaban J connectivity index is 2.22. The van der Waals surface area contributed by atoms with E-state index in [9.17, 15) is 0 Å². The van der Waals surface area contributed by atoms with Crippen LogP contribution in [0.5, 0.6) is 0 Å². The van der Waals surface area contributed by atoms with Gasteiger partial charge in [-0.2, -0.15) is 0 Å². The van der Waals surface area contributed by atoms with Crippen molar-refractivity contribution in [1.82, 2.24) is 5.32 Å². The largest absolute Gasteiger partial charge is 0.313 e. The molecule has 1 unspecified atom stereocenters. The zero-order valence-electron chi connectivity index (χ0n) is 11.4. The van der Waals surface area contributed by atoms with E-state index in [2.05, 4.69) is 77.6 Å². The maximum Gasteiger partial charge on any atom is 0.0318 e. The molecular formula is C16H18BrNS. The van der Waals surface area contributed by atoms with Crippen molar-refractivity contribution in [1.29, 1.82) is 0 Å². The lowest BCUT2D eigenvalue weighted by Gasteiger charge is -2.13. The van der Waals surface area contributed by atoms with Gasteiger partial charge in [0.25, 0.3) is 0 Å². The highest BCUT2D eigenvalue weighted by molar-refractivity contribution is 9.10. The molecule has 0 heterocycles. The molecular weight excluding hydrogens is 318 g/mol. The monoisotopic (exact) mass is 335 g/mol. The van der Waals surface area contributed by atoms with Crippen molar-refractivity contribution in [3.63, 3.8) is 0 Å². The minimum atomic E-state index is 0.370. The summed E-state index contributed by atoms with van der Waals surface area (Å²) in [4.78, 5) is 2.52. The topological polar surface area (TPSA) is 12.0 Å². The molecule has 0 aliphatic carbocycles. The van der Waals surface area contributed by atoms with Gasteiger partial charge >= 0.3 is 0 Å². The molecule has 0 aromatic heterocycles. The molecule has 0 fully saturated rings. The van der Waals surface area contributed by atoms with Crippen molar-refractivity contribution in [2.45, 2.75) is 29.7 Å². The molecule has 0 saturated carbocycles. The molecule has 0 aliphatic heterocycles. The molecule has 0 radical (unpaired) electrons. The zero-order chi connectivity index (χ0) is 13.8. The molecule has 3 heteroatoms. The van der Waals surface area contributed by atoms with Gasteiger partial charge in [-0.15, -0.1) is 0 Å². The lowest BCUT2D eigenvalue weighted by Crippen LogP contribution is -2.12. The van der Waals surface area contributed by atoms with E-state index in [1.165, 1.54) is 20.9 Å². The average molecular weight is 336 g/mol. The fourth-order valence-electron chi connectivity index (χ4n) is 1.84. The zero-order valence-corrected chi connectivity index (χ0v) is 13.8. The van der Waals surface area contributed by atoms with E-state index in [1.54, 1.807) is 11.8 Å². The third kappa shape index (κ3) is 3.85. The number of nitrogens with one attached hydrogen (secondary N) is 1. The van der Waals surface area contributed by atoms with Crippen molar-refractivity contribution in [3.8, 4) is 0 Å². The van der Waals surface area contributed by atoms with Crippen molar-refractivity contribution < 1.29 is 0 Å². The minimum absolute atomic E-state index is 0.370. The summed E-state index contributed by atoms with van der Waals surface area (Å²) in [6.45, 7) is 4.28. The summed E-state index contributed by atoms with van der Waals surface area (Å²) in [5, 5.41) is 3.26. The van der Waals surface area contributed by atoms with Crippen molar-refractivity contribution >= 4 is 27.7 Å². The Kier molecular flexibility index (Phi) is 5.08. The Morgan fingerprint density at radius 2 is 1.95 bits per heavy atom. The number of rotatable bonds is 4. The molecule has 2 aromatic rings. The van der Waals surface area contributed by atoms with Crippen LogP contribution in [-0.2, 0) is 0 Å². The summed E-state index contributed by atoms with van der Waals surface area (Å²) in [6, 6.07) is 15.5. The fraction of sp³-hybridized carbons (Fsp3) is 0.250. The van der Waals surface area contributed by atoms with E-state index in [-0.39, 0.29) is 0 Å². The van der Waals surface area contributed by atoms with Gasteiger partial charge in [0.05, 0.1) is 0 Å². The van der Waals surface area contributed by atoms with E-state index >= 15 is 0 Å². The van der Waals surface area contributed by atoms with Gasteiger partial charge < -0.3 is 5.32 Å². The second-order valence-corrected chi connectivity index (χ2v) is 6.59. The van der Waals surface area contributed by atoms with Crippen LogP contribution in [0, 0.1) is 6.92 Å². The highest BCUT2D eigenvalue weighted by atomic mass is 79.9. The van der Waals surface area contributed by atoms with Crippen LogP contribution in [0.25, 0.3) is 0 Å². The van der Waals surface area contributed by atoms with Gasteiger partial charge in [-0.05, 0) is 66.7 Å². The average Bonchev–Trinajstić information content (AvgIpc) is 2.40. The summed E-state index contributed by atoms with van der Waals surface area (Å²) < 4.78 is 1.15. The van der Waals surface area contributed by atoms with Crippen molar-refractivity contribution in [3.05, 3.63) is 58.1 Å². The lowest BCUT2D eigenvalue weighted by molar-refractivity contribution is 0.651. The van der Waals surface area contributed by atoms with E-state index in [4.69, 9.17) is 0 Å². The van der Waals surface area contributed by atoms with Gasteiger partial charge in [-0.1, -0.05) is 35.5 Å². The van der Waals surface area contributed by atoms with Crippen molar-refractivity contribution in [2.24, 2.45) is 0 Å². The second kappa shape index (κ2) is 6.60. The minimum Gasteiger partial charge on any atom is -0.313 e. The highest BCUT2D eigenvalue weighted by Gasteiger charge is 2.07. The van der Waals surface area contributed by atoms with E-state index in [0.717, 1.165) is 4.47 Å². The molecule has 0 bridgehead atoms. The Hall–Kier alpha value is -0.770. The summed E-state index contributed by atoms with van der Waals surface area (Å²) in [5.74, 6) is 0. The summed E-state index contributed by atoms with van der Waals surface area (Å²) in [6.07, 6.45) is 0. The number of halogens is 1. The van der Waals surface area contributed by atoms with Gasteiger partial charge in [-0.3, -0.25) is 0 Å². The summed E-state index contributed by atoms with van der Waals surface area (Å²) in [5.41, 5.74) is 2.59. The Morgan fingerprint density at radius 1 is 1.16 bits per heavy atom. The smallest absolute Gasteiger partial charge is 0.0318 e. The van der Waals surface area contributed by atoms with Gasteiger partial charge in [-0.25, -0.2) is 0 Å². The molecule has 0 amide bonds. The van der Waals surface area contributed by atoms with Crippen LogP contribution in [0.3, 0.4) is 0 Å². The van der Waals surface area contributed by atoms with E-state index < -0.39 is 0 Å². The molecule has 2 aromatic carbocycles. The first-order valence-corrected chi connectivity index (χ1v) is 7.92. The predicted molar refractivity (Wildman–Crippen MR) is 86.9 cm³/mol. The Morgan fingerprint density at radius 3 is 2.58 bits per heavy atom. The van der Waals surface area contributed by atoms with Crippen LogP contribution in [0.1, 0.15) is 24.1 Å². The van der Waals surface area contributed by atoms with Gasteiger partial charge in [0.1, 0.15) is 0 Å². The molecule has 1 atom stereocenters. The standard InChI is InChI=1S/C16H18BrNS/c1-11-5-4-6-14(9-11)19-16-8-7-13(10-15(16)17)12(2)18-3/h4-10,12,18H,1-3H3.